The van der Waals surface area contributed by atoms with Crippen molar-refractivity contribution >= 4 is 17.5 Å². The summed E-state index contributed by atoms with van der Waals surface area (Å²) in [5.74, 6) is -0.240. The zero-order valence-electron chi connectivity index (χ0n) is 14.9. The Morgan fingerprint density at radius 3 is 1.75 bits per heavy atom. The molecule has 0 N–H and O–H groups in total. The summed E-state index contributed by atoms with van der Waals surface area (Å²) in [7, 11) is 0. The molecule has 4 atom stereocenters. The molecule has 3 aliphatic rings. The number of amides is 2. The van der Waals surface area contributed by atoms with E-state index in [4.69, 9.17) is 0 Å². The highest BCUT2D eigenvalue weighted by Crippen LogP contribution is 2.57. The van der Waals surface area contributed by atoms with E-state index < -0.39 is 0 Å². The van der Waals surface area contributed by atoms with Gasteiger partial charge in [0.25, 0.3) is 0 Å². The highest BCUT2D eigenvalue weighted by molar-refractivity contribution is 6.24. The summed E-state index contributed by atoms with van der Waals surface area (Å²) in [6.45, 7) is 10.2. The lowest BCUT2D eigenvalue weighted by Crippen LogP contribution is -2.34. The van der Waals surface area contributed by atoms with E-state index in [-0.39, 0.29) is 35.5 Å². The molecule has 0 radical (unpaired) electrons. The SMILES string of the molecule is CC(C)=C1[C@H]2C=C[C@H]1[C@@H]1C(=O)N(c3c(C)cc(C)cc3C)C(=O)[C@H]12. The third kappa shape index (κ3) is 1.78. The number of rotatable bonds is 1. The van der Waals surface area contributed by atoms with Crippen LogP contribution in [0.15, 0.2) is 35.4 Å². The molecular formula is C21H23NO2. The topological polar surface area (TPSA) is 37.4 Å². The second-order valence-corrected chi connectivity index (χ2v) is 7.70. The van der Waals surface area contributed by atoms with Crippen LogP contribution in [0.1, 0.15) is 30.5 Å². The van der Waals surface area contributed by atoms with E-state index in [1.165, 1.54) is 16.0 Å². The van der Waals surface area contributed by atoms with Gasteiger partial charge in [0.05, 0.1) is 17.5 Å². The minimum atomic E-state index is -0.211. The lowest BCUT2D eigenvalue weighted by Gasteiger charge is -2.23. The molecule has 2 fully saturated rings. The Labute approximate surface area is 143 Å². The quantitative estimate of drug-likeness (QED) is 0.581. The minimum absolute atomic E-state index is 0.0179. The van der Waals surface area contributed by atoms with Crippen molar-refractivity contribution in [2.24, 2.45) is 23.7 Å². The standard InChI is InChI=1S/C21H23NO2/c1-10(2)16-14-6-7-15(16)18-17(14)20(23)22(21(18)24)19-12(4)8-11(3)9-13(19)5/h6-9,14-15,17-18H,1-5H3/t14-,15-,17+,18+/m1/s1. The number of imide groups is 1. The number of hydrogen-bond donors (Lipinski definition) is 0. The molecule has 0 spiro atoms. The molecule has 0 aromatic heterocycles. The molecule has 3 nitrogen and oxygen atoms in total. The van der Waals surface area contributed by atoms with Crippen molar-refractivity contribution < 1.29 is 9.59 Å². The van der Waals surface area contributed by atoms with E-state index >= 15 is 0 Å². The molecule has 4 rings (SSSR count). The van der Waals surface area contributed by atoms with Crippen molar-refractivity contribution in [3.05, 3.63) is 52.1 Å². The van der Waals surface area contributed by atoms with E-state index in [9.17, 15) is 9.59 Å². The van der Waals surface area contributed by atoms with Gasteiger partial charge in [-0.15, -0.1) is 0 Å². The lowest BCUT2D eigenvalue weighted by molar-refractivity contribution is -0.123. The summed E-state index contributed by atoms with van der Waals surface area (Å²) >= 11 is 0. The van der Waals surface area contributed by atoms with Gasteiger partial charge in [-0.1, -0.05) is 41.0 Å². The molecule has 1 aromatic rings. The number of nitrogens with zero attached hydrogens (tertiary/aromatic N) is 1. The maximum atomic E-state index is 13.2. The molecule has 2 aliphatic carbocycles. The van der Waals surface area contributed by atoms with Crippen molar-refractivity contribution in [2.75, 3.05) is 4.90 Å². The normalized spacial score (nSPS) is 30.5. The molecule has 3 heteroatoms. The van der Waals surface area contributed by atoms with Gasteiger partial charge in [-0.25, -0.2) is 4.90 Å². The van der Waals surface area contributed by atoms with E-state index in [2.05, 4.69) is 26.0 Å². The van der Waals surface area contributed by atoms with Crippen LogP contribution in [0.4, 0.5) is 5.69 Å². The first-order chi connectivity index (χ1) is 11.3. The fourth-order valence-corrected chi connectivity index (χ4v) is 5.18. The predicted molar refractivity (Wildman–Crippen MR) is 94.6 cm³/mol. The van der Waals surface area contributed by atoms with Crippen LogP contribution in [0.25, 0.3) is 0 Å². The highest BCUT2D eigenvalue weighted by Gasteiger charge is 2.62. The average Bonchev–Trinajstić information content (AvgIpc) is 3.11. The highest BCUT2D eigenvalue weighted by atomic mass is 16.2. The van der Waals surface area contributed by atoms with Gasteiger partial charge in [-0.2, -0.15) is 0 Å². The summed E-state index contributed by atoms with van der Waals surface area (Å²) < 4.78 is 0. The molecule has 1 saturated heterocycles. The van der Waals surface area contributed by atoms with E-state index in [1.807, 2.05) is 32.9 Å². The zero-order valence-corrected chi connectivity index (χ0v) is 14.9. The second-order valence-electron chi connectivity index (χ2n) is 7.70. The fourth-order valence-electron chi connectivity index (χ4n) is 5.18. The molecule has 1 aliphatic heterocycles. The third-order valence-corrected chi connectivity index (χ3v) is 5.85. The first kappa shape index (κ1) is 15.4. The predicted octanol–water partition coefficient (Wildman–Crippen LogP) is 3.87. The van der Waals surface area contributed by atoms with E-state index in [1.54, 1.807) is 0 Å². The smallest absolute Gasteiger partial charge is 0.238 e. The van der Waals surface area contributed by atoms with Gasteiger partial charge in [-0.05, 0) is 45.7 Å². The first-order valence-corrected chi connectivity index (χ1v) is 8.64. The van der Waals surface area contributed by atoms with Crippen molar-refractivity contribution in [3.63, 3.8) is 0 Å². The maximum absolute atomic E-state index is 13.2. The van der Waals surface area contributed by atoms with Gasteiger partial charge in [0.1, 0.15) is 0 Å². The van der Waals surface area contributed by atoms with Gasteiger partial charge < -0.3 is 0 Å². The monoisotopic (exact) mass is 321 g/mol. The van der Waals surface area contributed by atoms with Gasteiger partial charge >= 0.3 is 0 Å². The molecule has 0 unspecified atom stereocenters. The molecule has 2 bridgehead atoms. The molecule has 1 aromatic carbocycles. The fraction of sp³-hybridized carbons (Fsp3) is 0.429. The maximum Gasteiger partial charge on any atom is 0.238 e. The van der Waals surface area contributed by atoms with Crippen LogP contribution >= 0.6 is 0 Å². The van der Waals surface area contributed by atoms with Crippen LogP contribution in [-0.2, 0) is 9.59 Å². The Bertz CT molecular complexity index is 784. The summed E-state index contributed by atoms with van der Waals surface area (Å²) in [6.07, 6.45) is 4.27. The summed E-state index contributed by atoms with van der Waals surface area (Å²) in [4.78, 5) is 27.9. The Morgan fingerprint density at radius 1 is 0.875 bits per heavy atom. The number of anilines is 1. The molecule has 2 amide bonds. The summed E-state index contributed by atoms with van der Waals surface area (Å²) in [6, 6.07) is 4.09. The van der Waals surface area contributed by atoms with Crippen LogP contribution in [-0.4, -0.2) is 11.8 Å². The van der Waals surface area contributed by atoms with Gasteiger partial charge in [0, 0.05) is 11.8 Å². The number of fused-ring (bicyclic) bond motifs is 5. The number of benzene rings is 1. The Balaban J connectivity index is 1.82. The Hall–Kier alpha value is -2.16. The molecular weight excluding hydrogens is 298 g/mol. The number of carbonyl (C=O) groups is 2. The Kier molecular flexibility index (Phi) is 3.15. The lowest BCUT2D eigenvalue weighted by atomic mass is 9.85. The second kappa shape index (κ2) is 4.92. The number of allylic oxidation sites excluding steroid dienone is 4. The van der Waals surface area contributed by atoms with Crippen LogP contribution < -0.4 is 4.90 Å². The molecule has 1 saturated carbocycles. The van der Waals surface area contributed by atoms with Crippen LogP contribution in [0, 0.1) is 44.4 Å². The van der Waals surface area contributed by atoms with Crippen LogP contribution in [0.5, 0.6) is 0 Å². The molecule has 124 valence electrons. The summed E-state index contributed by atoms with van der Waals surface area (Å²) in [5, 5.41) is 0. The van der Waals surface area contributed by atoms with Gasteiger partial charge in [0.15, 0.2) is 0 Å². The van der Waals surface area contributed by atoms with Crippen LogP contribution in [0.3, 0.4) is 0 Å². The average molecular weight is 321 g/mol. The van der Waals surface area contributed by atoms with E-state index in [0.29, 0.717) is 0 Å². The number of hydrogen-bond acceptors (Lipinski definition) is 2. The number of carbonyl (C=O) groups excluding carboxylic acids is 2. The third-order valence-electron chi connectivity index (χ3n) is 5.85. The van der Waals surface area contributed by atoms with Crippen molar-refractivity contribution in [1.82, 2.24) is 0 Å². The number of aryl methyl sites for hydroxylation is 3. The minimum Gasteiger partial charge on any atom is -0.274 e. The van der Waals surface area contributed by atoms with Crippen molar-refractivity contribution in [1.29, 1.82) is 0 Å². The largest absolute Gasteiger partial charge is 0.274 e. The summed E-state index contributed by atoms with van der Waals surface area (Å²) in [5.41, 5.74) is 6.49. The first-order valence-electron chi connectivity index (χ1n) is 8.64. The molecule has 24 heavy (non-hydrogen) atoms. The van der Waals surface area contributed by atoms with Crippen molar-refractivity contribution in [2.45, 2.75) is 34.6 Å². The Morgan fingerprint density at radius 2 is 1.33 bits per heavy atom. The van der Waals surface area contributed by atoms with Gasteiger partial charge in [-0.3, -0.25) is 9.59 Å². The van der Waals surface area contributed by atoms with E-state index in [0.717, 1.165) is 22.4 Å². The van der Waals surface area contributed by atoms with Crippen molar-refractivity contribution in [3.8, 4) is 0 Å². The van der Waals surface area contributed by atoms with Gasteiger partial charge in [0.2, 0.25) is 11.8 Å². The molecule has 1 heterocycles. The van der Waals surface area contributed by atoms with Crippen LogP contribution in [0.2, 0.25) is 0 Å². The zero-order chi connectivity index (χ0) is 17.3.